The van der Waals surface area contributed by atoms with E-state index >= 15 is 0 Å². The molecule has 1 heterocycles. The van der Waals surface area contributed by atoms with Gasteiger partial charge in [-0.3, -0.25) is 4.68 Å². The Morgan fingerprint density at radius 1 is 1.22 bits per heavy atom. The molecule has 1 aromatic heterocycles. The van der Waals surface area contributed by atoms with Crippen molar-refractivity contribution in [3.8, 4) is 11.3 Å². The molecule has 2 rings (SSSR count). The highest BCUT2D eigenvalue weighted by atomic mass is 19.1. The quantitative estimate of drug-likeness (QED) is 0.846. The van der Waals surface area contributed by atoms with Gasteiger partial charge in [0.15, 0.2) is 0 Å². The maximum absolute atomic E-state index is 13.8. The third kappa shape index (κ3) is 2.08. The van der Waals surface area contributed by atoms with Gasteiger partial charge in [-0.1, -0.05) is 0 Å². The van der Waals surface area contributed by atoms with Crippen molar-refractivity contribution in [1.82, 2.24) is 9.78 Å². The van der Waals surface area contributed by atoms with Gasteiger partial charge < -0.3 is 5.73 Å². The summed E-state index contributed by atoms with van der Waals surface area (Å²) in [6, 6.07) is 3.29. The van der Waals surface area contributed by atoms with Crippen LogP contribution in [0.5, 0.6) is 0 Å². The Hall–Kier alpha value is -1.91. The van der Waals surface area contributed by atoms with E-state index in [4.69, 9.17) is 5.73 Å². The summed E-state index contributed by atoms with van der Waals surface area (Å²) < 4.78 is 28.7. The zero-order chi connectivity index (χ0) is 13.5. The van der Waals surface area contributed by atoms with E-state index in [0.29, 0.717) is 11.4 Å². The average molecular weight is 251 g/mol. The summed E-state index contributed by atoms with van der Waals surface area (Å²) in [5.74, 6) is -1.03. The van der Waals surface area contributed by atoms with Crippen LogP contribution < -0.4 is 5.73 Å². The Morgan fingerprint density at radius 3 is 2.50 bits per heavy atom. The monoisotopic (exact) mass is 251 g/mol. The lowest BCUT2D eigenvalue weighted by molar-refractivity contribution is 0.359. The number of nitrogens with zero attached hydrogens (tertiary/aromatic N) is 2. The fourth-order valence-corrected chi connectivity index (χ4v) is 1.82. The van der Waals surface area contributed by atoms with Crippen molar-refractivity contribution in [2.75, 3.05) is 5.73 Å². The fourth-order valence-electron chi connectivity index (χ4n) is 1.82. The Balaban J connectivity index is 2.71. The first-order valence-electron chi connectivity index (χ1n) is 5.60. The summed E-state index contributed by atoms with van der Waals surface area (Å²) in [6.45, 7) is 5.75. The number of rotatable bonds is 1. The van der Waals surface area contributed by atoms with E-state index in [-0.39, 0.29) is 11.1 Å². The minimum atomic E-state index is -0.519. The third-order valence-corrected chi connectivity index (χ3v) is 2.62. The largest absolute Gasteiger partial charge is 0.396 e. The number of benzene rings is 1. The number of aromatic nitrogens is 2. The van der Waals surface area contributed by atoms with Gasteiger partial charge in [0.25, 0.3) is 0 Å². The molecule has 0 saturated heterocycles. The molecule has 5 heteroatoms. The molecule has 0 aliphatic carbocycles. The number of halogens is 2. The van der Waals surface area contributed by atoms with Crippen LogP contribution in [-0.2, 0) is 5.54 Å². The SMILES string of the molecule is CC(C)(C)n1ncc(N)c1-c1cc(F)ccc1F. The summed E-state index contributed by atoms with van der Waals surface area (Å²) >= 11 is 0. The van der Waals surface area contributed by atoms with Gasteiger partial charge in [-0.2, -0.15) is 5.10 Å². The molecule has 0 saturated carbocycles. The lowest BCUT2D eigenvalue weighted by Gasteiger charge is -2.23. The van der Waals surface area contributed by atoms with Gasteiger partial charge >= 0.3 is 0 Å². The molecule has 3 nitrogen and oxygen atoms in total. The molecule has 0 unspecified atom stereocenters. The van der Waals surface area contributed by atoms with Crippen molar-refractivity contribution in [2.24, 2.45) is 0 Å². The van der Waals surface area contributed by atoms with Gasteiger partial charge in [0, 0.05) is 5.56 Å². The fraction of sp³-hybridized carbons (Fsp3) is 0.308. The van der Waals surface area contributed by atoms with Crippen molar-refractivity contribution in [3.05, 3.63) is 36.0 Å². The molecular formula is C13H15F2N3. The summed E-state index contributed by atoms with van der Waals surface area (Å²) in [7, 11) is 0. The molecule has 18 heavy (non-hydrogen) atoms. The van der Waals surface area contributed by atoms with E-state index in [1.54, 1.807) is 4.68 Å². The smallest absolute Gasteiger partial charge is 0.132 e. The Labute approximate surface area is 104 Å². The van der Waals surface area contributed by atoms with E-state index in [2.05, 4.69) is 5.10 Å². The van der Waals surface area contributed by atoms with Crippen LogP contribution >= 0.6 is 0 Å². The van der Waals surface area contributed by atoms with Crippen LogP contribution in [0, 0.1) is 11.6 Å². The molecule has 0 radical (unpaired) electrons. The summed E-state index contributed by atoms with van der Waals surface area (Å²) in [5.41, 5.74) is 6.30. The summed E-state index contributed by atoms with van der Waals surface area (Å²) in [6.07, 6.45) is 1.45. The third-order valence-electron chi connectivity index (χ3n) is 2.62. The van der Waals surface area contributed by atoms with Crippen molar-refractivity contribution in [2.45, 2.75) is 26.3 Å². The standard InChI is InChI=1S/C13H15F2N3/c1-13(2,3)18-12(11(16)7-17-18)9-6-8(14)4-5-10(9)15/h4-7H,16H2,1-3H3. The van der Waals surface area contributed by atoms with E-state index in [1.165, 1.54) is 6.20 Å². The van der Waals surface area contributed by atoms with Gasteiger partial charge in [0.1, 0.15) is 11.6 Å². The van der Waals surface area contributed by atoms with Gasteiger partial charge in [0.05, 0.1) is 23.1 Å². The maximum atomic E-state index is 13.8. The zero-order valence-electron chi connectivity index (χ0n) is 10.5. The van der Waals surface area contributed by atoms with Crippen LogP contribution in [0.4, 0.5) is 14.5 Å². The van der Waals surface area contributed by atoms with E-state index < -0.39 is 11.6 Å². The number of hydrogen-bond acceptors (Lipinski definition) is 2. The van der Waals surface area contributed by atoms with E-state index in [1.807, 2.05) is 20.8 Å². The molecule has 2 aromatic rings. The molecule has 96 valence electrons. The molecule has 0 fully saturated rings. The number of anilines is 1. The second-order valence-electron chi connectivity index (χ2n) is 5.16. The highest BCUT2D eigenvalue weighted by Crippen LogP contribution is 2.32. The maximum Gasteiger partial charge on any atom is 0.132 e. The minimum Gasteiger partial charge on any atom is -0.396 e. The zero-order valence-corrected chi connectivity index (χ0v) is 10.5. The highest BCUT2D eigenvalue weighted by molar-refractivity contribution is 5.73. The second kappa shape index (κ2) is 4.08. The highest BCUT2D eigenvalue weighted by Gasteiger charge is 2.23. The molecular weight excluding hydrogens is 236 g/mol. The number of hydrogen-bond donors (Lipinski definition) is 1. The average Bonchev–Trinajstić information content (AvgIpc) is 2.63. The number of nitrogens with two attached hydrogens (primary N) is 1. The second-order valence-corrected chi connectivity index (χ2v) is 5.16. The van der Waals surface area contributed by atoms with Crippen LogP contribution in [0.3, 0.4) is 0 Å². The molecule has 0 amide bonds. The first-order valence-corrected chi connectivity index (χ1v) is 5.60. The molecule has 0 aliphatic heterocycles. The Kier molecular flexibility index (Phi) is 2.84. The molecule has 1 aromatic carbocycles. The number of nitrogen functional groups attached to an aromatic ring is 1. The van der Waals surface area contributed by atoms with Crippen LogP contribution in [0.25, 0.3) is 11.3 Å². The normalized spacial score (nSPS) is 11.8. The van der Waals surface area contributed by atoms with Gasteiger partial charge in [-0.25, -0.2) is 8.78 Å². The van der Waals surface area contributed by atoms with E-state index in [0.717, 1.165) is 18.2 Å². The van der Waals surface area contributed by atoms with Crippen molar-refractivity contribution in [3.63, 3.8) is 0 Å². The van der Waals surface area contributed by atoms with Crippen molar-refractivity contribution < 1.29 is 8.78 Å². The molecule has 2 N–H and O–H groups in total. The predicted molar refractivity (Wildman–Crippen MR) is 67.0 cm³/mol. The summed E-state index contributed by atoms with van der Waals surface area (Å²) in [5, 5.41) is 4.14. The molecule has 0 bridgehead atoms. The van der Waals surface area contributed by atoms with Gasteiger partial charge in [0.2, 0.25) is 0 Å². The van der Waals surface area contributed by atoms with Crippen LogP contribution in [-0.4, -0.2) is 9.78 Å². The first-order chi connectivity index (χ1) is 8.30. The minimum absolute atomic E-state index is 0.125. The van der Waals surface area contributed by atoms with Gasteiger partial charge in [-0.15, -0.1) is 0 Å². The Morgan fingerprint density at radius 2 is 1.89 bits per heavy atom. The first kappa shape index (κ1) is 12.5. The lowest BCUT2D eigenvalue weighted by Crippen LogP contribution is -2.24. The summed E-state index contributed by atoms with van der Waals surface area (Å²) in [4.78, 5) is 0. The molecule has 0 aliphatic rings. The van der Waals surface area contributed by atoms with Crippen LogP contribution in [0.2, 0.25) is 0 Å². The molecule has 0 spiro atoms. The van der Waals surface area contributed by atoms with E-state index in [9.17, 15) is 8.78 Å². The van der Waals surface area contributed by atoms with Crippen molar-refractivity contribution in [1.29, 1.82) is 0 Å². The topological polar surface area (TPSA) is 43.8 Å². The van der Waals surface area contributed by atoms with Crippen molar-refractivity contribution >= 4 is 5.69 Å². The lowest BCUT2D eigenvalue weighted by atomic mass is 10.1. The van der Waals surface area contributed by atoms with Crippen LogP contribution in [0.1, 0.15) is 20.8 Å². The Bertz CT molecular complexity index is 582. The van der Waals surface area contributed by atoms with Crippen LogP contribution in [0.15, 0.2) is 24.4 Å². The van der Waals surface area contributed by atoms with Gasteiger partial charge in [-0.05, 0) is 39.0 Å². The predicted octanol–water partition coefficient (Wildman–Crippen LogP) is 3.17. The molecule has 0 atom stereocenters.